The predicted octanol–water partition coefficient (Wildman–Crippen LogP) is 4.40. The first kappa shape index (κ1) is 21.6. The minimum absolute atomic E-state index is 0.0211. The zero-order valence-electron chi connectivity index (χ0n) is 18.6. The number of aromatic nitrogens is 1. The van der Waals surface area contributed by atoms with E-state index < -0.39 is 0 Å². The van der Waals surface area contributed by atoms with Gasteiger partial charge in [0.1, 0.15) is 21.7 Å². The van der Waals surface area contributed by atoms with Crippen LogP contribution in [0.25, 0.3) is 10.2 Å². The number of nitrogens with zero attached hydrogens (tertiary/aromatic N) is 3. The average molecular weight is 440 g/mol. The van der Waals surface area contributed by atoms with E-state index in [0.29, 0.717) is 17.4 Å². The van der Waals surface area contributed by atoms with Crippen molar-refractivity contribution in [1.82, 2.24) is 9.88 Å². The first-order valence-electron chi connectivity index (χ1n) is 10.6. The molecule has 3 aromatic rings. The summed E-state index contributed by atoms with van der Waals surface area (Å²) in [6.07, 6.45) is 4.56. The van der Waals surface area contributed by atoms with Crippen molar-refractivity contribution in [3.8, 4) is 11.5 Å². The maximum absolute atomic E-state index is 13.6. The van der Waals surface area contributed by atoms with Gasteiger partial charge in [0.05, 0.1) is 14.2 Å². The second kappa shape index (κ2) is 9.24. The lowest BCUT2D eigenvalue weighted by atomic mass is 9.90. The van der Waals surface area contributed by atoms with Crippen LogP contribution in [0, 0.1) is 0 Å². The van der Waals surface area contributed by atoms with Crippen LogP contribution in [0.3, 0.4) is 0 Å². The Hall–Kier alpha value is -2.64. The Morgan fingerprint density at radius 3 is 2.42 bits per heavy atom. The van der Waals surface area contributed by atoms with Gasteiger partial charge < -0.3 is 14.4 Å². The normalized spacial score (nSPS) is 13.3. The van der Waals surface area contributed by atoms with Gasteiger partial charge in [0.25, 0.3) is 5.91 Å². The number of fused-ring (bicyclic) bond motifs is 2. The molecule has 0 fully saturated rings. The van der Waals surface area contributed by atoms with Crippen molar-refractivity contribution < 1.29 is 14.3 Å². The summed E-state index contributed by atoms with van der Waals surface area (Å²) in [5, 5.41) is 0.655. The Kier molecular flexibility index (Phi) is 6.43. The number of ether oxygens (including phenoxy) is 2. The maximum atomic E-state index is 13.6. The monoisotopic (exact) mass is 439 g/mol. The van der Waals surface area contributed by atoms with E-state index in [2.05, 4.69) is 17.0 Å². The van der Waals surface area contributed by atoms with E-state index in [1.54, 1.807) is 19.1 Å². The number of rotatable bonds is 7. The molecule has 1 aromatic heterocycles. The van der Waals surface area contributed by atoms with Crippen LogP contribution >= 0.6 is 11.3 Å². The molecule has 0 unspecified atom stereocenters. The lowest BCUT2D eigenvalue weighted by Crippen LogP contribution is -2.36. The van der Waals surface area contributed by atoms with E-state index in [-0.39, 0.29) is 5.91 Å². The molecular weight excluding hydrogens is 410 g/mol. The van der Waals surface area contributed by atoms with Gasteiger partial charge in [-0.1, -0.05) is 17.4 Å². The van der Waals surface area contributed by atoms with E-state index >= 15 is 0 Å². The second-order valence-electron chi connectivity index (χ2n) is 8.09. The van der Waals surface area contributed by atoms with Crippen LogP contribution < -0.4 is 14.4 Å². The number of benzene rings is 2. The summed E-state index contributed by atoms with van der Waals surface area (Å²) < 4.78 is 11.9. The van der Waals surface area contributed by atoms with Gasteiger partial charge in [0, 0.05) is 18.7 Å². The van der Waals surface area contributed by atoms with Gasteiger partial charge in [-0.25, -0.2) is 4.98 Å². The minimum atomic E-state index is -0.0211. The topological polar surface area (TPSA) is 54.9 Å². The quantitative estimate of drug-likeness (QED) is 0.546. The summed E-state index contributed by atoms with van der Waals surface area (Å²) in [4.78, 5) is 22.3. The van der Waals surface area contributed by atoms with E-state index in [1.807, 2.05) is 32.3 Å². The number of carbonyl (C=O) groups is 1. The van der Waals surface area contributed by atoms with Crippen molar-refractivity contribution in [2.45, 2.75) is 25.7 Å². The van der Waals surface area contributed by atoms with Crippen LogP contribution in [0.5, 0.6) is 11.5 Å². The summed E-state index contributed by atoms with van der Waals surface area (Å²) in [6, 6.07) is 9.88. The van der Waals surface area contributed by atoms with Crippen molar-refractivity contribution in [2.75, 3.05) is 46.3 Å². The summed E-state index contributed by atoms with van der Waals surface area (Å²) in [5.41, 5.74) is 4.11. The van der Waals surface area contributed by atoms with Crippen LogP contribution in [0.2, 0.25) is 0 Å². The molecule has 1 amide bonds. The summed E-state index contributed by atoms with van der Waals surface area (Å²) >= 11 is 1.46. The fourth-order valence-corrected chi connectivity index (χ4v) is 5.09. The van der Waals surface area contributed by atoms with Gasteiger partial charge in [-0.15, -0.1) is 0 Å². The molecule has 0 saturated carbocycles. The number of thiazole rings is 1. The number of hydrogen-bond donors (Lipinski definition) is 0. The third-order valence-electron chi connectivity index (χ3n) is 5.74. The van der Waals surface area contributed by atoms with Crippen molar-refractivity contribution in [3.63, 3.8) is 0 Å². The highest BCUT2D eigenvalue weighted by atomic mass is 32.1. The van der Waals surface area contributed by atoms with E-state index in [4.69, 9.17) is 14.5 Å². The fourth-order valence-electron chi connectivity index (χ4n) is 4.00. The van der Waals surface area contributed by atoms with Gasteiger partial charge in [0.2, 0.25) is 0 Å². The van der Waals surface area contributed by atoms with Gasteiger partial charge in [0.15, 0.2) is 5.13 Å². The van der Waals surface area contributed by atoms with Gasteiger partial charge in [-0.3, -0.25) is 9.69 Å². The van der Waals surface area contributed by atoms with E-state index in [0.717, 1.165) is 40.9 Å². The molecule has 2 aromatic carbocycles. The number of methoxy groups -OCH3 is 2. The number of carbonyl (C=O) groups excluding carboxylic acids is 1. The molecule has 1 heterocycles. The fraction of sp³-hybridized carbons (Fsp3) is 0.417. The molecule has 0 saturated heterocycles. The molecule has 0 bridgehead atoms. The molecule has 1 aliphatic rings. The van der Waals surface area contributed by atoms with Gasteiger partial charge in [-0.2, -0.15) is 0 Å². The Balaban J connectivity index is 1.75. The molecule has 0 atom stereocenters. The Morgan fingerprint density at radius 1 is 1.00 bits per heavy atom. The molecule has 0 radical (unpaired) electrons. The molecule has 0 spiro atoms. The van der Waals surface area contributed by atoms with Crippen molar-refractivity contribution >= 4 is 32.6 Å². The summed E-state index contributed by atoms with van der Waals surface area (Å²) in [5.74, 6) is 1.38. The first-order valence-corrected chi connectivity index (χ1v) is 11.4. The Morgan fingerprint density at radius 2 is 1.71 bits per heavy atom. The zero-order valence-corrected chi connectivity index (χ0v) is 19.4. The highest BCUT2D eigenvalue weighted by molar-refractivity contribution is 7.22. The molecule has 1 aliphatic carbocycles. The second-order valence-corrected chi connectivity index (χ2v) is 9.07. The minimum Gasteiger partial charge on any atom is -0.495 e. The lowest BCUT2D eigenvalue weighted by Gasteiger charge is -2.23. The number of likely N-dealkylation sites (N-methyl/N-ethyl adjacent to an activating group) is 1. The van der Waals surface area contributed by atoms with Crippen LogP contribution in [-0.4, -0.2) is 57.2 Å². The Bertz CT molecular complexity index is 1050. The molecule has 7 heteroatoms. The van der Waals surface area contributed by atoms with Crippen LogP contribution in [-0.2, 0) is 12.8 Å². The van der Waals surface area contributed by atoms with Crippen molar-refractivity contribution in [2.24, 2.45) is 0 Å². The number of amides is 1. The lowest BCUT2D eigenvalue weighted by molar-refractivity contribution is 0.0985. The number of anilines is 1. The predicted molar refractivity (Wildman–Crippen MR) is 126 cm³/mol. The maximum Gasteiger partial charge on any atom is 0.260 e. The molecule has 0 N–H and O–H groups in total. The number of hydrogen-bond acceptors (Lipinski definition) is 6. The van der Waals surface area contributed by atoms with Crippen molar-refractivity contribution in [3.05, 3.63) is 47.0 Å². The standard InChI is InChI=1S/C24H29N3O3S/c1-26(2)13-14-27(23(28)18-10-9-16-7-5-6-8-17(16)15-18)24-25-21-19(29-3)11-12-20(30-4)22(21)31-24/h9-12,15H,5-8,13-14H2,1-4H3. The highest BCUT2D eigenvalue weighted by Crippen LogP contribution is 2.40. The van der Waals surface area contributed by atoms with E-state index in [9.17, 15) is 4.79 Å². The zero-order chi connectivity index (χ0) is 22.0. The molecule has 4 rings (SSSR count). The summed E-state index contributed by atoms with van der Waals surface area (Å²) in [6.45, 7) is 1.29. The van der Waals surface area contributed by atoms with Crippen LogP contribution in [0.4, 0.5) is 5.13 Å². The molecule has 164 valence electrons. The Labute approximate surface area is 187 Å². The first-order chi connectivity index (χ1) is 15.0. The molecule has 0 aliphatic heterocycles. The average Bonchev–Trinajstić information content (AvgIpc) is 3.23. The van der Waals surface area contributed by atoms with E-state index in [1.165, 1.54) is 35.3 Å². The largest absolute Gasteiger partial charge is 0.495 e. The van der Waals surface area contributed by atoms with Crippen molar-refractivity contribution in [1.29, 1.82) is 0 Å². The highest BCUT2D eigenvalue weighted by Gasteiger charge is 2.24. The third kappa shape index (κ3) is 4.38. The third-order valence-corrected chi connectivity index (χ3v) is 6.83. The van der Waals surface area contributed by atoms with Crippen LogP contribution in [0.1, 0.15) is 34.3 Å². The molecule has 31 heavy (non-hydrogen) atoms. The smallest absolute Gasteiger partial charge is 0.260 e. The summed E-state index contributed by atoms with van der Waals surface area (Å²) in [7, 11) is 7.28. The van der Waals surface area contributed by atoms with Gasteiger partial charge >= 0.3 is 0 Å². The van der Waals surface area contributed by atoms with Gasteiger partial charge in [-0.05, 0) is 75.2 Å². The molecule has 6 nitrogen and oxygen atoms in total. The van der Waals surface area contributed by atoms with Crippen LogP contribution in [0.15, 0.2) is 30.3 Å². The number of aryl methyl sites for hydroxylation is 2. The molecular formula is C24H29N3O3S. The SMILES string of the molecule is COc1ccc(OC)c2sc(N(CCN(C)C)C(=O)c3ccc4c(c3)CCCC4)nc12.